The van der Waals surface area contributed by atoms with Crippen molar-refractivity contribution >= 4 is 23.4 Å². The van der Waals surface area contributed by atoms with Gasteiger partial charge in [0.05, 0.1) is 5.75 Å². The van der Waals surface area contributed by atoms with E-state index in [2.05, 4.69) is 46.9 Å². The van der Waals surface area contributed by atoms with Gasteiger partial charge in [0.25, 0.3) is 0 Å². The third kappa shape index (κ3) is 4.43. The molecule has 1 aromatic heterocycles. The van der Waals surface area contributed by atoms with E-state index in [-0.39, 0.29) is 5.91 Å². The number of thioether (sulfide) groups is 1. The average Bonchev–Trinajstić information content (AvgIpc) is 2.66. The van der Waals surface area contributed by atoms with Crippen molar-refractivity contribution in [3.63, 3.8) is 0 Å². The van der Waals surface area contributed by atoms with Crippen LogP contribution in [0, 0.1) is 34.6 Å². The highest BCUT2D eigenvalue weighted by Crippen LogP contribution is 2.24. The molecule has 1 aliphatic rings. The molecule has 27 heavy (non-hydrogen) atoms. The minimum atomic E-state index is 0.167. The van der Waals surface area contributed by atoms with Crippen LogP contribution in [-0.4, -0.2) is 52.7 Å². The van der Waals surface area contributed by atoms with Gasteiger partial charge < -0.3 is 9.80 Å². The lowest BCUT2D eigenvalue weighted by atomic mass is 10.1. The minimum absolute atomic E-state index is 0.167. The van der Waals surface area contributed by atoms with E-state index in [9.17, 15) is 4.79 Å². The number of rotatable bonds is 4. The molecule has 2 aromatic rings. The van der Waals surface area contributed by atoms with Crippen molar-refractivity contribution in [1.82, 2.24) is 14.9 Å². The molecule has 0 radical (unpaired) electrons. The molecule has 6 heteroatoms. The first-order valence-corrected chi connectivity index (χ1v) is 10.4. The van der Waals surface area contributed by atoms with Gasteiger partial charge in [-0.3, -0.25) is 4.79 Å². The third-order valence-corrected chi connectivity index (χ3v) is 6.32. The van der Waals surface area contributed by atoms with Gasteiger partial charge in [0.2, 0.25) is 5.91 Å². The van der Waals surface area contributed by atoms with Gasteiger partial charge in [0.15, 0.2) is 5.16 Å². The fraction of sp³-hybridized carbons (Fsp3) is 0.476. The Labute approximate surface area is 166 Å². The van der Waals surface area contributed by atoms with E-state index in [0.29, 0.717) is 10.9 Å². The molecular weight excluding hydrogens is 356 g/mol. The van der Waals surface area contributed by atoms with Gasteiger partial charge in [-0.15, -0.1) is 0 Å². The Balaban J connectivity index is 1.55. The van der Waals surface area contributed by atoms with Crippen LogP contribution in [0.2, 0.25) is 0 Å². The summed E-state index contributed by atoms with van der Waals surface area (Å²) in [6, 6.07) is 6.43. The van der Waals surface area contributed by atoms with Crippen molar-refractivity contribution < 1.29 is 4.79 Å². The summed E-state index contributed by atoms with van der Waals surface area (Å²) >= 11 is 1.43. The number of hydrogen-bond donors (Lipinski definition) is 0. The van der Waals surface area contributed by atoms with E-state index < -0.39 is 0 Å². The maximum absolute atomic E-state index is 12.6. The lowest BCUT2D eigenvalue weighted by molar-refractivity contribution is -0.128. The van der Waals surface area contributed by atoms with E-state index in [4.69, 9.17) is 0 Å². The monoisotopic (exact) mass is 384 g/mol. The smallest absolute Gasteiger partial charge is 0.233 e. The second-order valence-electron chi connectivity index (χ2n) is 7.18. The molecule has 1 amide bonds. The number of amides is 1. The Kier molecular flexibility index (Phi) is 6.05. The fourth-order valence-electron chi connectivity index (χ4n) is 3.30. The SMILES string of the molecule is Cc1cccc(N2CCN(C(=O)CSc3nc(C)c(C)c(C)n3)CC2)c1C. The summed E-state index contributed by atoms with van der Waals surface area (Å²) in [5.41, 5.74) is 7.02. The van der Waals surface area contributed by atoms with Crippen LogP contribution in [0.5, 0.6) is 0 Å². The van der Waals surface area contributed by atoms with E-state index in [1.54, 1.807) is 0 Å². The standard InChI is InChI=1S/C21H28N4OS/c1-14-7-6-8-19(15(14)2)24-9-11-25(12-10-24)20(26)13-27-21-22-17(4)16(3)18(5)23-21/h6-8H,9-13H2,1-5H3. The largest absolute Gasteiger partial charge is 0.368 e. The number of anilines is 1. The zero-order valence-electron chi connectivity index (χ0n) is 16.9. The summed E-state index contributed by atoms with van der Waals surface area (Å²) in [7, 11) is 0. The van der Waals surface area contributed by atoms with E-state index >= 15 is 0 Å². The van der Waals surface area contributed by atoms with Gasteiger partial charge in [-0.1, -0.05) is 23.9 Å². The zero-order chi connectivity index (χ0) is 19.6. The molecule has 1 fully saturated rings. The van der Waals surface area contributed by atoms with Crippen LogP contribution in [-0.2, 0) is 4.79 Å². The van der Waals surface area contributed by atoms with E-state index in [1.807, 2.05) is 25.7 Å². The number of benzene rings is 1. The molecule has 0 aliphatic carbocycles. The normalized spacial score (nSPS) is 14.6. The predicted octanol–water partition coefficient (Wildman–Crippen LogP) is 3.46. The van der Waals surface area contributed by atoms with Crippen molar-refractivity contribution in [2.24, 2.45) is 0 Å². The van der Waals surface area contributed by atoms with E-state index in [0.717, 1.165) is 43.1 Å². The van der Waals surface area contributed by atoms with Gasteiger partial charge in [0, 0.05) is 43.3 Å². The number of hydrogen-bond acceptors (Lipinski definition) is 5. The maximum atomic E-state index is 12.6. The number of aryl methyl sites for hydroxylation is 3. The fourth-order valence-corrected chi connectivity index (χ4v) is 4.14. The highest BCUT2D eigenvalue weighted by Gasteiger charge is 2.22. The Hall–Kier alpha value is -2.08. The summed E-state index contributed by atoms with van der Waals surface area (Å²) in [6.07, 6.45) is 0. The highest BCUT2D eigenvalue weighted by molar-refractivity contribution is 7.99. The second kappa shape index (κ2) is 8.30. The zero-order valence-corrected chi connectivity index (χ0v) is 17.7. The first-order chi connectivity index (χ1) is 12.9. The number of piperazine rings is 1. The van der Waals surface area contributed by atoms with Gasteiger partial charge >= 0.3 is 0 Å². The van der Waals surface area contributed by atoms with Crippen molar-refractivity contribution in [3.05, 3.63) is 46.3 Å². The second-order valence-corrected chi connectivity index (χ2v) is 8.12. The molecule has 0 unspecified atom stereocenters. The van der Waals surface area contributed by atoms with Gasteiger partial charge in [-0.25, -0.2) is 9.97 Å². The molecule has 0 spiro atoms. The summed E-state index contributed by atoms with van der Waals surface area (Å²) in [5, 5.41) is 0.693. The molecule has 1 aromatic carbocycles. The van der Waals surface area contributed by atoms with Crippen molar-refractivity contribution in [2.75, 3.05) is 36.8 Å². The Morgan fingerprint density at radius 3 is 2.22 bits per heavy atom. The summed E-state index contributed by atoms with van der Waals surface area (Å²) in [5.74, 6) is 0.561. The lowest BCUT2D eigenvalue weighted by Crippen LogP contribution is -2.49. The van der Waals surface area contributed by atoms with Crippen LogP contribution < -0.4 is 4.90 Å². The summed E-state index contributed by atoms with van der Waals surface area (Å²) in [6.45, 7) is 13.6. The molecule has 0 atom stereocenters. The van der Waals surface area contributed by atoms with Crippen molar-refractivity contribution in [1.29, 1.82) is 0 Å². The summed E-state index contributed by atoms with van der Waals surface area (Å²) < 4.78 is 0. The molecule has 1 aliphatic heterocycles. The molecule has 1 saturated heterocycles. The minimum Gasteiger partial charge on any atom is -0.368 e. The predicted molar refractivity (Wildman–Crippen MR) is 112 cm³/mol. The van der Waals surface area contributed by atoms with Crippen molar-refractivity contribution in [3.8, 4) is 0 Å². The summed E-state index contributed by atoms with van der Waals surface area (Å²) in [4.78, 5) is 25.9. The van der Waals surface area contributed by atoms with Crippen LogP contribution in [0.3, 0.4) is 0 Å². The molecule has 0 saturated carbocycles. The third-order valence-electron chi connectivity index (χ3n) is 5.49. The highest BCUT2D eigenvalue weighted by atomic mass is 32.2. The lowest BCUT2D eigenvalue weighted by Gasteiger charge is -2.37. The number of nitrogens with zero attached hydrogens (tertiary/aromatic N) is 4. The average molecular weight is 385 g/mol. The molecule has 2 heterocycles. The molecule has 144 valence electrons. The van der Waals surface area contributed by atoms with Gasteiger partial charge in [0.1, 0.15) is 0 Å². The van der Waals surface area contributed by atoms with Crippen molar-refractivity contribution in [2.45, 2.75) is 39.8 Å². The number of aromatic nitrogens is 2. The Morgan fingerprint density at radius 1 is 0.963 bits per heavy atom. The first-order valence-electron chi connectivity index (χ1n) is 9.40. The maximum Gasteiger partial charge on any atom is 0.233 e. The number of carbonyl (C=O) groups is 1. The van der Waals surface area contributed by atoms with Gasteiger partial charge in [-0.05, 0) is 57.4 Å². The van der Waals surface area contributed by atoms with Crippen LogP contribution in [0.15, 0.2) is 23.4 Å². The topological polar surface area (TPSA) is 49.3 Å². The molecule has 3 rings (SSSR count). The van der Waals surface area contributed by atoms with Crippen LogP contribution in [0.25, 0.3) is 0 Å². The quantitative estimate of drug-likeness (QED) is 0.597. The van der Waals surface area contributed by atoms with Crippen LogP contribution >= 0.6 is 11.8 Å². The Bertz CT molecular complexity index is 821. The first kappa shape index (κ1) is 19.7. The van der Waals surface area contributed by atoms with Crippen LogP contribution in [0.1, 0.15) is 28.1 Å². The number of carbonyl (C=O) groups excluding carboxylic acids is 1. The Morgan fingerprint density at radius 2 is 1.59 bits per heavy atom. The molecule has 0 N–H and O–H groups in total. The molecular formula is C21H28N4OS. The molecule has 5 nitrogen and oxygen atoms in total. The van der Waals surface area contributed by atoms with Gasteiger partial charge in [-0.2, -0.15) is 0 Å². The molecule has 0 bridgehead atoms. The van der Waals surface area contributed by atoms with E-state index in [1.165, 1.54) is 28.6 Å². The van der Waals surface area contributed by atoms with Crippen LogP contribution in [0.4, 0.5) is 5.69 Å².